The Bertz CT molecular complexity index is 1080. The molecular weight excluding hydrogens is 424 g/mol. The largest absolute Gasteiger partial charge is 0.497 e. The third-order valence-corrected chi connectivity index (χ3v) is 6.38. The van der Waals surface area contributed by atoms with Gasteiger partial charge in [0.25, 0.3) is 0 Å². The zero-order chi connectivity index (χ0) is 22.7. The number of aryl methyl sites for hydroxylation is 1. The first kappa shape index (κ1) is 22.2. The van der Waals surface area contributed by atoms with Crippen molar-refractivity contribution in [2.24, 2.45) is 0 Å². The van der Waals surface area contributed by atoms with Crippen molar-refractivity contribution in [3.8, 4) is 11.4 Å². The van der Waals surface area contributed by atoms with E-state index in [-0.39, 0.29) is 5.91 Å². The van der Waals surface area contributed by atoms with Crippen molar-refractivity contribution in [2.45, 2.75) is 26.7 Å². The van der Waals surface area contributed by atoms with E-state index in [1.165, 1.54) is 0 Å². The predicted molar refractivity (Wildman–Crippen MR) is 128 cm³/mol. The quantitative estimate of drug-likeness (QED) is 0.574. The number of ether oxygens (including phenoxy) is 1. The van der Waals surface area contributed by atoms with Crippen molar-refractivity contribution < 1.29 is 9.53 Å². The summed E-state index contributed by atoms with van der Waals surface area (Å²) < 4.78 is 7.15. The molecule has 1 aliphatic rings. The molecule has 2 aromatic carbocycles. The monoisotopic (exact) mass is 452 g/mol. The molecule has 1 aromatic heterocycles. The smallest absolute Gasteiger partial charge is 0.227 e. The van der Waals surface area contributed by atoms with Gasteiger partial charge < -0.3 is 14.5 Å². The van der Waals surface area contributed by atoms with Crippen LogP contribution in [0.15, 0.2) is 48.5 Å². The second-order valence-corrected chi connectivity index (χ2v) is 8.57. The summed E-state index contributed by atoms with van der Waals surface area (Å²) in [4.78, 5) is 17.5. The molecule has 1 fully saturated rings. The van der Waals surface area contributed by atoms with Gasteiger partial charge in [0.1, 0.15) is 5.75 Å². The van der Waals surface area contributed by atoms with Crippen LogP contribution in [-0.2, 0) is 11.2 Å². The highest BCUT2D eigenvalue weighted by Gasteiger charge is 2.22. The van der Waals surface area contributed by atoms with Gasteiger partial charge in [-0.25, -0.2) is 4.68 Å². The van der Waals surface area contributed by atoms with E-state index in [2.05, 4.69) is 22.1 Å². The average Bonchev–Trinajstić information content (AvgIpc) is 2.98. The molecule has 0 atom stereocenters. The van der Waals surface area contributed by atoms with Gasteiger partial charge >= 0.3 is 0 Å². The van der Waals surface area contributed by atoms with Gasteiger partial charge in [-0.1, -0.05) is 11.6 Å². The van der Waals surface area contributed by atoms with E-state index in [1.807, 2.05) is 59.8 Å². The number of methoxy groups -OCH3 is 1. The second-order valence-electron chi connectivity index (χ2n) is 8.13. The number of hydrogen-bond acceptors (Lipinski definition) is 4. The molecule has 0 unspecified atom stereocenters. The molecule has 1 aliphatic heterocycles. The lowest BCUT2D eigenvalue weighted by molar-refractivity contribution is -0.130. The maximum absolute atomic E-state index is 13.2. The van der Waals surface area contributed by atoms with E-state index in [1.54, 1.807) is 7.11 Å². The highest BCUT2D eigenvalue weighted by atomic mass is 35.5. The Kier molecular flexibility index (Phi) is 6.70. The van der Waals surface area contributed by atoms with Crippen LogP contribution in [0.1, 0.15) is 23.4 Å². The van der Waals surface area contributed by atoms with Crippen molar-refractivity contribution in [3.63, 3.8) is 0 Å². The summed E-state index contributed by atoms with van der Waals surface area (Å²) in [6.45, 7) is 7.23. The number of halogens is 1. The lowest BCUT2D eigenvalue weighted by atomic mass is 10.1. The van der Waals surface area contributed by atoms with Gasteiger partial charge in [0.05, 0.1) is 24.9 Å². The van der Waals surface area contributed by atoms with Gasteiger partial charge in [-0.15, -0.1) is 0 Å². The van der Waals surface area contributed by atoms with Gasteiger partial charge in [-0.3, -0.25) is 4.79 Å². The molecule has 2 heterocycles. The summed E-state index contributed by atoms with van der Waals surface area (Å²) in [5, 5.41) is 5.37. The van der Waals surface area contributed by atoms with Crippen LogP contribution in [-0.4, -0.2) is 53.9 Å². The molecular formula is C25H29ClN4O2. The first-order chi connectivity index (χ1) is 15.5. The van der Waals surface area contributed by atoms with Crippen LogP contribution in [0.5, 0.6) is 5.75 Å². The fourth-order valence-corrected chi connectivity index (χ4v) is 4.37. The van der Waals surface area contributed by atoms with Crippen molar-refractivity contribution in [1.82, 2.24) is 14.7 Å². The van der Waals surface area contributed by atoms with Crippen LogP contribution in [0.4, 0.5) is 5.69 Å². The minimum Gasteiger partial charge on any atom is -0.497 e. The topological polar surface area (TPSA) is 50.6 Å². The lowest BCUT2D eigenvalue weighted by Gasteiger charge is -2.24. The Morgan fingerprint density at radius 1 is 0.969 bits per heavy atom. The summed E-state index contributed by atoms with van der Waals surface area (Å²) in [6.07, 6.45) is 1.31. The number of anilines is 1. The third kappa shape index (κ3) is 4.75. The summed E-state index contributed by atoms with van der Waals surface area (Å²) in [7, 11) is 1.67. The molecule has 7 heteroatoms. The van der Waals surface area contributed by atoms with Gasteiger partial charge in [0.15, 0.2) is 0 Å². The number of rotatable bonds is 5. The molecule has 0 saturated carbocycles. The fraction of sp³-hybridized carbons (Fsp3) is 0.360. The molecule has 32 heavy (non-hydrogen) atoms. The summed E-state index contributed by atoms with van der Waals surface area (Å²) in [5.74, 6) is 1.01. The minimum atomic E-state index is 0.156. The molecule has 3 aromatic rings. The summed E-state index contributed by atoms with van der Waals surface area (Å²) >= 11 is 6.02. The van der Waals surface area contributed by atoms with Crippen LogP contribution in [0, 0.1) is 13.8 Å². The van der Waals surface area contributed by atoms with Crippen LogP contribution in [0.3, 0.4) is 0 Å². The van der Waals surface area contributed by atoms with Crippen LogP contribution in [0.25, 0.3) is 5.69 Å². The number of benzene rings is 2. The van der Waals surface area contributed by atoms with Gasteiger partial charge in [0, 0.05) is 48.1 Å². The van der Waals surface area contributed by atoms with Crippen LogP contribution < -0.4 is 9.64 Å². The highest BCUT2D eigenvalue weighted by molar-refractivity contribution is 6.30. The Morgan fingerprint density at radius 2 is 1.66 bits per heavy atom. The Labute approximate surface area is 194 Å². The number of nitrogens with zero attached hydrogens (tertiary/aromatic N) is 4. The van der Waals surface area contributed by atoms with Crippen molar-refractivity contribution in [2.75, 3.05) is 38.2 Å². The third-order valence-electron chi connectivity index (χ3n) is 6.13. The average molecular weight is 453 g/mol. The zero-order valence-electron chi connectivity index (χ0n) is 18.8. The number of carbonyl (C=O) groups is 1. The molecule has 1 amide bonds. The lowest BCUT2D eigenvalue weighted by Crippen LogP contribution is -2.36. The van der Waals surface area contributed by atoms with E-state index in [9.17, 15) is 4.79 Å². The minimum absolute atomic E-state index is 0.156. The number of hydrogen-bond donors (Lipinski definition) is 0. The van der Waals surface area contributed by atoms with E-state index >= 15 is 0 Å². The maximum atomic E-state index is 13.2. The normalized spacial score (nSPS) is 14.4. The molecule has 168 valence electrons. The number of aromatic nitrogens is 2. The van der Waals surface area contributed by atoms with E-state index < -0.39 is 0 Å². The van der Waals surface area contributed by atoms with Crippen LogP contribution in [0.2, 0.25) is 5.02 Å². The van der Waals surface area contributed by atoms with Gasteiger partial charge in [0.2, 0.25) is 5.91 Å². The van der Waals surface area contributed by atoms with E-state index in [0.29, 0.717) is 18.0 Å². The standard InChI is InChI=1S/C25H29ClN4O2/c1-18-24(19(2)30(27-18)22-7-5-20(26)6-8-22)17-25(31)29-14-4-13-28(15-16-29)21-9-11-23(32-3)12-10-21/h5-12H,4,13-17H2,1-3H3. The van der Waals surface area contributed by atoms with Crippen LogP contribution >= 0.6 is 11.6 Å². The number of carbonyl (C=O) groups excluding carboxylic acids is 1. The molecule has 0 N–H and O–H groups in total. The van der Waals surface area contributed by atoms with E-state index in [4.69, 9.17) is 16.3 Å². The molecule has 0 bridgehead atoms. The van der Waals surface area contributed by atoms with Gasteiger partial charge in [-0.05, 0) is 68.8 Å². The van der Waals surface area contributed by atoms with E-state index in [0.717, 1.165) is 60.1 Å². The molecule has 0 radical (unpaired) electrons. The van der Waals surface area contributed by atoms with Crippen molar-refractivity contribution in [3.05, 3.63) is 70.5 Å². The first-order valence-corrected chi connectivity index (χ1v) is 11.3. The molecule has 0 aliphatic carbocycles. The number of amides is 1. The van der Waals surface area contributed by atoms with Crippen molar-refractivity contribution in [1.29, 1.82) is 0 Å². The SMILES string of the molecule is COc1ccc(N2CCCN(C(=O)Cc3c(C)nn(-c4ccc(Cl)cc4)c3C)CC2)cc1. The Hall–Kier alpha value is -2.99. The first-order valence-electron chi connectivity index (χ1n) is 10.9. The zero-order valence-corrected chi connectivity index (χ0v) is 19.6. The summed E-state index contributed by atoms with van der Waals surface area (Å²) in [5.41, 5.74) is 4.99. The summed E-state index contributed by atoms with van der Waals surface area (Å²) in [6, 6.07) is 15.7. The Morgan fingerprint density at radius 3 is 2.34 bits per heavy atom. The molecule has 4 rings (SSSR count). The molecule has 1 saturated heterocycles. The fourth-order valence-electron chi connectivity index (χ4n) is 4.25. The van der Waals surface area contributed by atoms with Crippen molar-refractivity contribution >= 4 is 23.2 Å². The highest BCUT2D eigenvalue weighted by Crippen LogP contribution is 2.23. The second kappa shape index (κ2) is 9.65. The molecule has 6 nitrogen and oxygen atoms in total. The predicted octanol–water partition coefficient (Wildman–Crippen LogP) is 4.43. The molecule has 0 spiro atoms. The van der Waals surface area contributed by atoms with Gasteiger partial charge in [-0.2, -0.15) is 5.10 Å². The Balaban J connectivity index is 1.43. The maximum Gasteiger partial charge on any atom is 0.227 e.